The highest BCUT2D eigenvalue weighted by Crippen LogP contribution is 2.33. The second kappa shape index (κ2) is 6.71. The first kappa shape index (κ1) is 14.7. The van der Waals surface area contributed by atoms with Crippen LogP contribution in [0.5, 0.6) is 5.75 Å². The maximum absolute atomic E-state index is 14.2. The Morgan fingerprint density at radius 2 is 1.91 bits per heavy atom. The van der Waals surface area contributed by atoms with Gasteiger partial charge in [-0.15, -0.1) is 0 Å². The Labute approximate surface area is 128 Å². The third-order valence-corrected chi connectivity index (χ3v) is 3.64. The Hall–Kier alpha value is -2.20. The van der Waals surface area contributed by atoms with Gasteiger partial charge in [0.05, 0.1) is 5.56 Å². The monoisotopic (exact) mass is 301 g/mol. The molecule has 0 spiro atoms. The van der Waals surface area contributed by atoms with Crippen molar-refractivity contribution in [2.45, 2.75) is 13.0 Å². The van der Waals surface area contributed by atoms with E-state index < -0.39 is 11.6 Å². The van der Waals surface area contributed by atoms with Gasteiger partial charge in [-0.3, -0.25) is 0 Å². The maximum Gasteiger partial charge on any atom is 0.137 e. The molecule has 1 heterocycles. The minimum Gasteiger partial charge on any atom is -0.488 e. The standard InChI is InChI=1S/C18H17F2NO/c19-15-10-16(20)18(14-6-8-21-9-7-14)17(11-15)22-12-13-4-2-1-3-5-13/h1-6,10-11,21H,7-9,12H2. The van der Waals surface area contributed by atoms with Crippen LogP contribution in [0.3, 0.4) is 0 Å². The lowest BCUT2D eigenvalue weighted by atomic mass is 9.98. The fraction of sp³-hybridized carbons (Fsp3) is 0.222. The van der Waals surface area contributed by atoms with Crippen LogP contribution in [-0.2, 0) is 6.61 Å². The summed E-state index contributed by atoms with van der Waals surface area (Å²) in [6.07, 6.45) is 2.62. The molecule has 0 saturated heterocycles. The summed E-state index contributed by atoms with van der Waals surface area (Å²) in [4.78, 5) is 0. The zero-order valence-electron chi connectivity index (χ0n) is 12.1. The lowest BCUT2D eigenvalue weighted by Gasteiger charge is -2.18. The molecule has 0 aliphatic carbocycles. The van der Waals surface area contributed by atoms with E-state index >= 15 is 0 Å². The number of halogens is 2. The first-order chi connectivity index (χ1) is 10.7. The first-order valence-corrected chi connectivity index (χ1v) is 7.30. The molecule has 1 N–H and O–H groups in total. The molecular weight excluding hydrogens is 284 g/mol. The summed E-state index contributed by atoms with van der Waals surface area (Å²) in [6.45, 7) is 1.74. The van der Waals surface area contributed by atoms with Crippen LogP contribution in [0.15, 0.2) is 48.5 Å². The van der Waals surface area contributed by atoms with Gasteiger partial charge in [0.25, 0.3) is 0 Å². The maximum atomic E-state index is 14.2. The van der Waals surface area contributed by atoms with Crippen molar-refractivity contribution in [1.29, 1.82) is 0 Å². The Morgan fingerprint density at radius 1 is 1.09 bits per heavy atom. The van der Waals surface area contributed by atoms with E-state index in [0.29, 0.717) is 18.5 Å². The third kappa shape index (κ3) is 3.34. The molecule has 2 aromatic carbocycles. The molecule has 3 rings (SSSR count). The van der Waals surface area contributed by atoms with E-state index in [0.717, 1.165) is 23.7 Å². The lowest BCUT2D eigenvalue weighted by molar-refractivity contribution is 0.301. The summed E-state index contributed by atoms with van der Waals surface area (Å²) in [5, 5.41) is 3.18. The molecule has 0 atom stereocenters. The molecule has 0 unspecified atom stereocenters. The number of nitrogens with one attached hydrogen (secondary N) is 1. The van der Waals surface area contributed by atoms with E-state index in [1.165, 1.54) is 6.07 Å². The zero-order chi connectivity index (χ0) is 15.4. The van der Waals surface area contributed by atoms with Gasteiger partial charge in [-0.2, -0.15) is 0 Å². The Bertz CT molecular complexity index is 683. The van der Waals surface area contributed by atoms with Crippen molar-refractivity contribution in [3.63, 3.8) is 0 Å². The largest absolute Gasteiger partial charge is 0.488 e. The van der Waals surface area contributed by atoms with Crippen LogP contribution in [-0.4, -0.2) is 13.1 Å². The summed E-state index contributed by atoms with van der Waals surface area (Å²) in [6, 6.07) is 11.7. The van der Waals surface area contributed by atoms with Crippen LogP contribution in [0, 0.1) is 11.6 Å². The molecule has 0 saturated carbocycles. The van der Waals surface area contributed by atoms with Crippen molar-refractivity contribution in [3.8, 4) is 5.75 Å². The van der Waals surface area contributed by atoms with Crippen molar-refractivity contribution < 1.29 is 13.5 Å². The number of ether oxygens (including phenoxy) is 1. The number of benzene rings is 2. The third-order valence-electron chi connectivity index (χ3n) is 3.64. The molecule has 2 nitrogen and oxygen atoms in total. The van der Waals surface area contributed by atoms with Gasteiger partial charge in [0.2, 0.25) is 0 Å². The summed E-state index contributed by atoms with van der Waals surface area (Å²) in [7, 11) is 0. The topological polar surface area (TPSA) is 21.3 Å². The van der Waals surface area contributed by atoms with Crippen LogP contribution in [0.2, 0.25) is 0 Å². The van der Waals surface area contributed by atoms with Gasteiger partial charge in [0.1, 0.15) is 24.0 Å². The SMILES string of the molecule is Fc1cc(F)c(C2=CCNCC2)c(OCc2ccccc2)c1. The van der Waals surface area contributed by atoms with Crippen molar-refractivity contribution >= 4 is 5.57 Å². The van der Waals surface area contributed by atoms with Gasteiger partial charge >= 0.3 is 0 Å². The van der Waals surface area contributed by atoms with E-state index in [9.17, 15) is 8.78 Å². The summed E-state index contributed by atoms with van der Waals surface area (Å²) in [5.41, 5.74) is 2.19. The number of hydrogen-bond donors (Lipinski definition) is 1. The lowest BCUT2D eigenvalue weighted by Crippen LogP contribution is -2.20. The highest BCUT2D eigenvalue weighted by atomic mass is 19.1. The van der Waals surface area contributed by atoms with Gasteiger partial charge in [-0.25, -0.2) is 8.78 Å². The van der Waals surface area contributed by atoms with Crippen molar-refractivity contribution in [2.75, 3.05) is 13.1 Å². The van der Waals surface area contributed by atoms with E-state index in [2.05, 4.69) is 5.32 Å². The van der Waals surface area contributed by atoms with Gasteiger partial charge < -0.3 is 10.1 Å². The molecule has 4 heteroatoms. The van der Waals surface area contributed by atoms with Crippen molar-refractivity contribution in [1.82, 2.24) is 5.32 Å². The molecule has 1 aliphatic rings. The average Bonchev–Trinajstić information content (AvgIpc) is 2.54. The average molecular weight is 301 g/mol. The Balaban J connectivity index is 1.90. The van der Waals surface area contributed by atoms with Gasteiger partial charge in [0, 0.05) is 18.7 Å². The molecule has 0 amide bonds. The molecule has 114 valence electrons. The first-order valence-electron chi connectivity index (χ1n) is 7.30. The Kier molecular flexibility index (Phi) is 4.49. The van der Waals surface area contributed by atoms with Crippen molar-refractivity contribution in [3.05, 3.63) is 71.3 Å². The number of rotatable bonds is 4. The molecule has 22 heavy (non-hydrogen) atoms. The number of hydrogen-bond acceptors (Lipinski definition) is 2. The molecule has 2 aromatic rings. The summed E-state index contributed by atoms with van der Waals surface area (Å²) < 4.78 is 33.5. The molecule has 0 radical (unpaired) electrons. The second-order valence-electron chi connectivity index (χ2n) is 5.22. The molecule has 0 aromatic heterocycles. The summed E-state index contributed by atoms with van der Waals surface area (Å²) in [5.74, 6) is -0.940. The van der Waals surface area contributed by atoms with Gasteiger partial charge in [-0.05, 0) is 24.1 Å². The van der Waals surface area contributed by atoms with E-state index in [4.69, 9.17) is 4.74 Å². The van der Waals surface area contributed by atoms with Gasteiger partial charge in [-0.1, -0.05) is 36.4 Å². The summed E-state index contributed by atoms with van der Waals surface area (Å²) >= 11 is 0. The zero-order valence-corrected chi connectivity index (χ0v) is 12.1. The van der Waals surface area contributed by atoms with Crippen LogP contribution < -0.4 is 10.1 Å². The molecular formula is C18H17F2NO. The molecule has 0 fully saturated rings. The quantitative estimate of drug-likeness (QED) is 0.924. The van der Waals surface area contributed by atoms with E-state index in [-0.39, 0.29) is 12.4 Å². The minimum absolute atomic E-state index is 0.259. The minimum atomic E-state index is -0.626. The second-order valence-corrected chi connectivity index (χ2v) is 5.22. The fourth-order valence-electron chi connectivity index (χ4n) is 2.56. The normalized spacial score (nSPS) is 14.5. The van der Waals surface area contributed by atoms with Crippen LogP contribution >= 0.6 is 0 Å². The molecule has 1 aliphatic heterocycles. The van der Waals surface area contributed by atoms with Crippen LogP contribution in [0.1, 0.15) is 17.5 Å². The fourth-order valence-corrected chi connectivity index (χ4v) is 2.56. The molecule has 0 bridgehead atoms. The smallest absolute Gasteiger partial charge is 0.137 e. The highest BCUT2D eigenvalue weighted by molar-refractivity contribution is 5.72. The predicted molar refractivity (Wildman–Crippen MR) is 82.6 cm³/mol. The Morgan fingerprint density at radius 3 is 2.64 bits per heavy atom. The van der Waals surface area contributed by atoms with Crippen LogP contribution in [0.25, 0.3) is 5.57 Å². The predicted octanol–water partition coefficient (Wildman–Crippen LogP) is 3.92. The van der Waals surface area contributed by atoms with Crippen LogP contribution in [0.4, 0.5) is 8.78 Å². The van der Waals surface area contributed by atoms with Gasteiger partial charge in [0.15, 0.2) is 0 Å². The highest BCUT2D eigenvalue weighted by Gasteiger charge is 2.18. The van der Waals surface area contributed by atoms with E-state index in [1.54, 1.807) is 0 Å². The van der Waals surface area contributed by atoms with E-state index in [1.807, 2.05) is 36.4 Å². The van der Waals surface area contributed by atoms with Crippen molar-refractivity contribution in [2.24, 2.45) is 0 Å².